The molecular formula is C45H47N5O21S5. The quantitative estimate of drug-likeness (QED) is 0.0356. The molecule has 0 spiro atoms. The molecular weight excluding hydrogens is 1110 g/mol. The number of benzene rings is 5. The number of nitrogens with two attached hydrogens (primary N) is 1. The molecule has 0 aliphatic heterocycles. The molecule has 0 bridgehead atoms. The number of rotatable bonds is 24. The second kappa shape index (κ2) is 24.3. The lowest BCUT2D eigenvalue weighted by Crippen LogP contribution is -2.59. The van der Waals surface area contributed by atoms with E-state index in [0.717, 1.165) is 97.1 Å². The maximum absolute atomic E-state index is 14.6. The molecule has 0 aliphatic rings. The van der Waals surface area contributed by atoms with Crippen LogP contribution in [0.1, 0.15) is 27.8 Å². The third-order valence-electron chi connectivity index (χ3n) is 11.2. The van der Waals surface area contributed by atoms with E-state index in [1.165, 1.54) is 24.3 Å². The smallest absolute Gasteiger partial charge is 0.326 e. The molecule has 5 atom stereocenters. The first-order chi connectivity index (χ1) is 35.2. The monoisotopic (exact) mass is 1150 g/mol. The first kappa shape index (κ1) is 59.8. The number of carbonyl (C=O) groups excluding carboxylic acids is 4. The lowest BCUT2D eigenvalue weighted by molar-refractivity contribution is -0.142. The van der Waals surface area contributed by atoms with Gasteiger partial charge in [0.25, 0.3) is 50.6 Å². The molecule has 31 heteroatoms. The van der Waals surface area contributed by atoms with Crippen LogP contribution in [0.4, 0.5) is 0 Å². The van der Waals surface area contributed by atoms with E-state index in [4.69, 9.17) is 5.73 Å². The number of aliphatic carboxylic acids is 1. The fourth-order valence-electron chi connectivity index (χ4n) is 7.20. The van der Waals surface area contributed by atoms with Crippen LogP contribution in [0.5, 0.6) is 0 Å². The number of hydrogen-bond donors (Lipinski definition) is 11. The molecule has 408 valence electrons. The van der Waals surface area contributed by atoms with Crippen LogP contribution >= 0.6 is 0 Å². The Kier molecular flexibility index (Phi) is 19.1. The molecule has 0 radical (unpaired) electrons. The zero-order chi connectivity index (χ0) is 56.6. The first-order valence-electron chi connectivity index (χ1n) is 21.7. The van der Waals surface area contributed by atoms with Crippen LogP contribution in [-0.2, 0) is 107 Å². The molecule has 0 aromatic heterocycles. The van der Waals surface area contributed by atoms with Crippen LogP contribution in [0.3, 0.4) is 0 Å². The van der Waals surface area contributed by atoms with Gasteiger partial charge in [-0.15, -0.1) is 0 Å². The van der Waals surface area contributed by atoms with Crippen molar-refractivity contribution in [2.24, 2.45) is 5.73 Å². The minimum absolute atomic E-state index is 0.101. The van der Waals surface area contributed by atoms with Gasteiger partial charge in [0.1, 0.15) is 24.2 Å². The van der Waals surface area contributed by atoms with Crippen molar-refractivity contribution in [3.63, 3.8) is 0 Å². The van der Waals surface area contributed by atoms with Crippen LogP contribution < -0.4 is 27.0 Å². The number of carbonyl (C=O) groups is 5. The van der Waals surface area contributed by atoms with E-state index < -0.39 is 161 Å². The van der Waals surface area contributed by atoms with E-state index in [9.17, 15) is 93.9 Å². The number of hydrogen-bond acceptors (Lipinski definition) is 16. The van der Waals surface area contributed by atoms with E-state index >= 15 is 0 Å². The summed E-state index contributed by atoms with van der Waals surface area (Å²) < 4.78 is 164. The number of carboxylic acids is 1. The minimum Gasteiger partial charge on any atom is -0.480 e. The van der Waals surface area contributed by atoms with Crippen LogP contribution in [0, 0.1) is 0 Å². The molecule has 12 N–H and O–H groups in total. The van der Waals surface area contributed by atoms with Gasteiger partial charge in [0, 0.05) is 25.7 Å². The predicted octanol–water partition coefficient (Wildman–Crippen LogP) is -0.215. The van der Waals surface area contributed by atoms with Gasteiger partial charge in [0.05, 0.1) is 30.5 Å². The Bertz CT molecular complexity index is 3550. The molecule has 76 heavy (non-hydrogen) atoms. The van der Waals surface area contributed by atoms with E-state index in [0.29, 0.717) is 5.56 Å². The van der Waals surface area contributed by atoms with Crippen molar-refractivity contribution in [3.05, 3.63) is 149 Å². The molecule has 5 unspecified atom stereocenters. The van der Waals surface area contributed by atoms with Crippen LogP contribution in [0.15, 0.2) is 146 Å². The molecule has 5 rings (SSSR count). The second-order valence-electron chi connectivity index (χ2n) is 16.8. The summed E-state index contributed by atoms with van der Waals surface area (Å²) in [4.78, 5) is 66.7. The van der Waals surface area contributed by atoms with Crippen molar-refractivity contribution in [1.82, 2.24) is 21.3 Å². The van der Waals surface area contributed by atoms with Gasteiger partial charge >= 0.3 is 5.97 Å². The average molecular weight is 1150 g/mol. The summed E-state index contributed by atoms with van der Waals surface area (Å²) >= 11 is 0. The minimum atomic E-state index is -4.74. The Hall–Kier alpha value is -7.04. The maximum atomic E-state index is 14.6. The molecule has 0 fully saturated rings. The van der Waals surface area contributed by atoms with Crippen LogP contribution in [-0.4, -0.2) is 130 Å². The number of nitrogens with one attached hydrogen (secondary N) is 4. The van der Waals surface area contributed by atoms with Gasteiger partial charge in [-0.2, -0.15) is 42.1 Å². The lowest BCUT2D eigenvalue weighted by Gasteiger charge is -2.27. The molecule has 5 aromatic carbocycles. The van der Waals surface area contributed by atoms with Gasteiger partial charge < -0.3 is 32.1 Å². The number of amides is 4. The van der Waals surface area contributed by atoms with Crippen molar-refractivity contribution in [3.8, 4) is 0 Å². The Morgan fingerprint density at radius 2 is 0.513 bits per heavy atom. The van der Waals surface area contributed by atoms with Gasteiger partial charge in [-0.3, -0.25) is 41.9 Å². The molecule has 0 saturated heterocycles. The highest BCUT2D eigenvalue weighted by atomic mass is 32.2. The van der Waals surface area contributed by atoms with Crippen molar-refractivity contribution in [1.29, 1.82) is 0 Å². The summed E-state index contributed by atoms with van der Waals surface area (Å²) in [5.74, 6) is -6.18. The molecule has 4 amide bonds. The highest BCUT2D eigenvalue weighted by Crippen LogP contribution is 2.18. The van der Waals surface area contributed by atoms with Gasteiger partial charge in [-0.25, -0.2) is 4.79 Å². The third kappa shape index (κ3) is 17.5. The predicted molar refractivity (Wildman–Crippen MR) is 263 cm³/mol. The average Bonchev–Trinajstić information content (AvgIpc) is 3.32. The van der Waals surface area contributed by atoms with Crippen molar-refractivity contribution < 1.29 is 93.9 Å². The summed E-state index contributed by atoms with van der Waals surface area (Å²) in [6, 6.07) is 12.9. The summed E-state index contributed by atoms with van der Waals surface area (Å²) in [5.41, 5.74) is 7.00. The van der Waals surface area contributed by atoms with Crippen molar-refractivity contribution >= 4 is 80.2 Å². The summed E-state index contributed by atoms with van der Waals surface area (Å²) in [6.07, 6.45) is -2.34. The second-order valence-corrected chi connectivity index (χ2v) is 23.9. The Balaban J connectivity index is 1.51. The van der Waals surface area contributed by atoms with E-state index in [1.54, 1.807) is 0 Å². The van der Waals surface area contributed by atoms with Gasteiger partial charge in [-0.05, 0) is 94.9 Å². The fraction of sp³-hybridized carbons (Fsp3) is 0.222. The topological polar surface area (TPSA) is 452 Å². The Morgan fingerprint density at radius 1 is 0.329 bits per heavy atom. The fourth-order valence-corrected chi connectivity index (χ4v) is 9.60. The van der Waals surface area contributed by atoms with Gasteiger partial charge in [0.2, 0.25) is 23.6 Å². The summed E-state index contributed by atoms with van der Waals surface area (Å²) in [5, 5.41) is 19.7. The summed E-state index contributed by atoms with van der Waals surface area (Å²) in [6.45, 7) is 0. The molecule has 0 heterocycles. The zero-order valence-corrected chi connectivity index (χ0v) is 43.0. The van der Waals surface area contributed by atoms with Crippen molar-refractivity contribution in [2.45, 2.75) is 86.8 Å². The normalized spacial score (nSPS) is 14.2. The Morgan fingerprint density at radius 3 is 0.724 bits per heavy atom. The summed E-state index contributed by atoms with van der Waals surface area (Å²) in [7, 11) is -23.4. The molecule has 26 nitrogen and oxygen atoms in total. The highest BCUT2D eigenvalue weighted by molar-refractivity contribution is 7.86. The highest BCUT2D eigenvalue weighted by Gasteiger charge is 2.33. The third-order valence-corrected chi connectivity index (χ3v) is 15.5. The van der Waals surface area contributed by atoms with E-state index in [2.05, 4.69) is 21.3 Å². The van der Waals surface area contributed by atoms with Gasteiger partial charge in [0.15, 0.2) is 0 Å². The van der Waals surface area contributed by atoms with E-state index in [-0.39, 0.29) is 28.7 Å². The standard InChI is InChI=1S/C45H47N5O21S5/c46-36(21-26-1-11-31(12-2-26)72(57,58)59)41(51)47-37(22-27-3-13-32(14-4-27)73(60,61)62)42(52)48-38(23-28-5-15-33(16-6-28)74(63,64)65)43(53)49-39(24-29-7-17-34(18-8-29)75(66,67)68)44(54)50-40(45(55)56)25-30-9-19-35(20-10-30)76(69,70)71/h1-20,36-40H,21-25,46H2,(H,47,51)(H,48,52)(H,49,53)(H,50,54)(H,55,56)(H,57,58,59)(H,60,61,62)(H,63,64,65)(H,66,67,68)(H,69,70,71). The molecule has 0 aliphatic carbocycles. The first-order valence-corrected chi connectivity index (χ1v) is 28.9. The van der Waals surface area contributed by atoms with Crippen LogP contribution in [0.2, 0.25) is 0 Å². The lowest BCUT2D eigenvalue weighted by atomic mass is 10.00. The van der Waals surface area contributed by atoms with Crippen molar-refractivity contribution in [2.75, 3.05) is 0 Å². The molecule has 0 saturated carbocycles. The Labute approximate surface area is 434 Å². The maximum Gasteiger partial charge on any atom is 0.326 e. The van der Waals surface area contributed by atoms with Crippen LogP contribution in [0.25, 0.3) is 0 Å². The largest absolute Gasteiger partial charge is 0.480 e. The SMILES string of the molecule is NC(Cc1ccc(S(=O)(=O)O)cc1)C(=O)NC(Cc1ccc(S(=O)(=O)O)cc1)C(=O)NC(Cc1ccc(S(=O)(=O)O)cc1)C(=O)NC(Cc1ccc(S(=O)(=O)O)cc1)C(=O)NC(Cc1ccc(S(=O)(=O)O)cc1)C(=O)O. The van der Waals surface area contributed by atoms with E-state index in [1.807, 2.05) is 0 Å². The zero-order valence-electron chi connectivity index (χ0n) is 38.9. The van der Waals surface area contributed by atoms with Gasteiger partial charge in [-0.1, -0.05) is 60.7 Å². The number of carboxylic acid groups (broad SMARTS) is 1. The molecule has 5 aromatic rings.